The predicted molar refractivity (Wildman–Crippen MR) is 186 cm³/mol. The van der Waals surface area contributed by atoms with E-state index in [2.05, 4.69) is 26.0 Å². The molecular formula is C39H74O4. The van der Waals surface area contributed by atoms with Crippen LogP contribution in [0.2, 0.25) is 0 Å². The minimum absolute atomic E-state index is 0.294. The van der Waals surface area contributed by atoms with Crippen LogP contribution in [0, 0.1) is 0 Å². The third kappa shape index (κ3) is 32.1. The third-order valence-electron chi connectivity index (χ3n) is 8.53. The minimum Gasteiger partial charge on any atom is -0.455 e. The molecule has 254 valence electrons. The summed E-state index contributed by atoms with van der Waals surface area (Å²) in [5.74, 6) is -0.294. The number of ether oxygens (including phenoxy) is 1. The first-order valence-corrected chi connectivity index (χ1v) is 19.0. The molecule has 0 aliphatic carbocycles. The van der Waals surface area contributed by atoms with Crippen LogP contribution in [0.15, 0.2) is 24.3 Å². The maximum Gasteiger partial charge on any atom is 0.306 e. The molecule has 0 aliphatic heterocycles. The van der Waals surface area contributed by atoms with E-state index in [1.807, 2.05) is 6.08 Å². The summed E-state index contributed by atoms with van der Waals surface area (Å²) in [6.07, 6.45) is 42.7. The van der Waals surface area contributed by atoms with Gasteiger partial charge in [0.25, 0.3) is 0 Å². The van der Waals surface area contributed by atoms with E-state index >= 15 is 0 Å². The molecule has 0 aromatic heterocycles. The van der Waals surface area contributed by atoms with Gasteiger partial charge in [-0.3, -0.25) is 4.79 Å². The number of hydrogen-bond donors (Lipinski definition) is 2. The fourth-order valence-electron chi connectivity index (χ4n) is 5.59. The zero-order valence-electron chi connectivity index (χ0n) is 28.9. The van der Waals surface area contributed by atoms with Gasteiger partial charge in [0.1, 0.15) is 12.2 Å². The summed E-state index contributed by atoms with van der Waals surface area (Å²) in [6.45, 7) is 4.13. The quantitative estimate of drug-likeness (QED) is 0.0434. The zero-order chi connectivity index (χ0) is 31.5. The first kappa shape index (κ1) is 41.9. The number of hydrogen-bond acceptors (Lipinski definition) is 4. The summed E-state index contributed by atoms with van der Waals surface area (Å²) < 4.78 is 5.49. The molecule has 2 atom stereocenters. The summed E-state index contributed by atoms with van der Waals surface area (Å²) >= 11 is 0. The number of esters is 1. The summed E-state index contributed by atoms with van der Waals surface area (Å²) in [6, 6.07) is 0. The molecule has 0 aliphatic rings. The normalized spacial score (nSPS) is 13.3. The lowest BCUT2D eigenvalue weighted by molar-refractivity contribution is -0.152. The second-order valence-corrected chi connectivity index (χ2v) is 12.9. The Bertz CT molecular complexity index is 614. The predicted octanol–water partition coefficient (Wildman–Crippen LogP) is 11.7. The summed E-state index contributed by atoms with van der Waals surface area (Å²) in [5, 5.41) is 19.5. The number of aliphatic hydroxyl groups excluding tert-OH is 2. The van der Waals surface area contributed by atoms with Crippen molar-refractivity contribution in [2.75, 3.05) is 6.61 Å². The van der Waals surface area contributed by atoms with Crippen LogP contribution in [0.25, 0.3) is 0 Å². The molecule has 2 N–H and O–H groups in total. The summed E-state index contributed by atoms with van der Waals surface area (Å²) in [5.41, 5.74) is 0. The van der Waals surface area contributed by atoms with E-state index in [0.717, 1.165) is 38.5 Å². The average Bonchev–Trinajstić information content (AvgIpc) is 3.01. The molecule has 0 saturated carbocycles. The van der Waals surface area contributed by atoms with Crippen molar-refractivity contribution in [1.29, 1.82) is 0 Å². The molecule has 0 spiro atoms. The summed E-state index contributed by atoms with van der Waals surface area (Å²) in [4.78, 5) is 12.3. The molecule has 0 saturated heterocycles. The van der Waals surface area contributed by atoms with Gasteiger partial charge in [-0.25, -0.2) is 0 Å². The van der Waals surface area contributed by atoms with Crippen LogP contribution in [-0.4, -0.2) is 35.0 Å². The average molecular weight is 607 g/mol. The van der Waals surface area contributed by atoms with Crippen molar-refractivity contribution in [3.05, 3.63) is 24.3 Å². The van der Waals surface area contributed by atoms with Gasteiger partial charge >= 0.3 is 5.97 Å². The highest BCUT2D eigenvalue weighted by molar-refractivity contribution is 5.69. The van der Waals surface area contributed by atoms with Gasteiger partial charge in [0.2, 0.25) is 0 Å². The van der Waals surface area contributed by atoms with Crippen LogP contribution in [0.5, 0.6) is 0 Å². The fourth-order valence-corrected chi connectivity index (χ4v) is 5.59. The molecule has 0 rings (SSSR count). The van der Waals surface area contributed by atoms with Crippen molar-refractivity contribution in [3.8, 4) is 0 Å². The number of carbonyl (C=O) groups is 1. The van der Waals surface area contributed by atoms with Crippen molar-refractivity contribution in [1.82, 2.24) is 0 Å². The Morgan fingerprint density at radius 1 is 0.535 bits per heavy atom. The third-order valence-corrected chi connectivity index (χ3v) is 8.53. The number of rotatable bonds is 34. The minimum atomic E-state index is -1.07. The maximum absolute atomic E-state index is 12.3. The molecule has 0 heterocycles. The molecule has 0 radical (unpaired) electrons. The Morgan fingerprint density at radius 2 is 0.884 bits per heavy atom. The molecule has 0 aromatic rings. The molecule has 0 fully saturated rings. The lowest BCUT2D eigenvalue weighted by Gasteiger charge is -2.18. The number of unbranched alkanes of at least 4 members (excludes halogenated alkanes) is 25. The molecule has 4 nitrogen and oxygen atoms in total. The Balaban J connectivity index is 3.75. The lowest BCUT2D eigenvalue weighted by Crippen LogP contribution is -2.32. The highest BCUT2D eigenvalue weighted by Crippen LogP contribution is 2.15. The number of carbonyl (C=O) groups excluding carboxylic acids is 1. The second-order valence-electron chi connectivity index (χ2n) is 12.9. The zero-order valence-corrected chi connectivity index (χ0v) is 28.9. The van der Waals surface area contributed by atoms with Gasteiger partial charge in [-0.15, -0.1) is 0 Å². The molecule has 4 heteroatoms. The molecule has 0 aromatic carbocycles. The largest absolute Gasteiger partial charge is 0.455 e. The van der Waals surface area contributed by atoms with Crippen LogP contribution in [0.3, 0.4) is 0 Å². The number of allylic oxidation sites excluding steroid dienone is 3. The molecular weight excluding hydrogens is 532 g/mol. The lowest BCUT2D eigenvalue weighted by atomic mass is 10.0. The van der Waals surface area contributed by atoms with E-state index in [9.17, 15) is 15.0 Å². The first-order valence-electron chi connectivity index (χ1n) is 19.0. The molecule has 0 amide bonds. The van der Waals surface area contributed by atoms with Crippen LogP contribution in [-0.2, 0) is 9.53 Å². The van der Waals surface area contributed by atoms with E-state index in [1.54, 1.807) is 6.08 Å². The van der Waals surface area contributed by atoms with Gasteiger partial charge in [0.05, 0.1) is 6.61 Å². The fraction of sp³-hybridized carbons (Fsp3) is 0.872. The Kier molecular flexibility index (Phi) is 34.4. The van der Waals surface area contributed by atoms with Crippen LogP contribution in [0.4, 0.5) is 0 Å². The van der Waals surface area contributed by atoms with E-state index in [-0.39, 0.29) is 5.97 Å². The summed E-state index contributed by atoms with van der Waals surface area (Å²) in [7, 11) is 0. The smallest absolute Gasteiger partial charge is 0.306 e. The van der Waals surface area contributed by atoms with Crippen molar-refractivity contribution in [3.63, 3.8) is 0 Å². The van der Waals surface area contributed by atoms with Crippen molar-refractivity contribution >= 4 is 5.97 Å². The number of aliphatic hydroxyl groups is 2. The van der Waals surface area contributed by atoms with E-state index in [4.69, 9.17) is 4.74 Å². The van der Waals surface area contributed by atoms with Gasteiger partial charge in [-0.05, 0) is 51.0 Å². The SMILES string of the molecule is CCCCCCCCCCC/C=C/CCCCC(=O)OC(C=CCCCCCCCCCCCCCCCC)C(O)CO. The van der Waals surface area contributed by atoms with Crippen LogP contribution < -0.4 is 0 Å². The van der Waals surface area contributed by atoms with Gasteiger partial charge in [-0.1, -0.05) is 167 Å². The first-order chi connectivity index (χ1) is 21.2. The second kappa shape index (κ2) is 35.4. The Hall–Kier alpha value is -1.13. The van der Waals surface area contributed by atoms with E-state index in [0.29, 0.717) is 6.42 Å². The standard InChI is InChI=1S/C39H74O4/c1-3-5-7-9-11-13-15-17-19-21-22-24-26-28-30-32-34-38(37(41)36-40)43-39(42)35-33-31-29-27-25-23-20-18-16-14-12-10-8-6-4-2/h25,27,32,34,37-38,40-41H,3-24,26,28-31,33,35-36H2,1-2H3/b27-25+,34-32?. The van der Waals surface area contributed by atoms with E-state index in [1.165, 1.54) is 141 Å². The molecule has 2 unspecified atom stereocenters. The van der Waals surface area contributed by atoms with Gasteiger partial charge < -0.3 is 14.9 Å². The Morgan fingerprint density at radius 3 is 1.28 bits per heavy atom. The maximum atomic E-state index is 12.3. The van der Waals surface area contributed by atoms with E-state index < -0.39 is 18.8 Å². The highest BCUT2D eigenvalue weighted by Gasteiger charge is 2.19. The van der Waals surface area contributed by atoms with Gasteiger partial charge in [-0.2, -0.15) is 0 Å². The van der Waals surface area contributed by atoms with Crippen LogP contribution in [0.1, 0.15) is 200 Å². The van der Waals surface area contributed by atoms with Gasteiger partial charge in [0, 0.05) is 6.42 Å². The monoisotopic (exact) mass is 607 g/mol. The molecule has 0 bridgehead atoms. The Labute approximate surface area is 268 Å². The van der Waals surface area contributed by atoms with Crippen molar-refractivity contribution in [2.24, 2.45) is 0 Å². The van der Waals surface area contributed by atoms with Gasteiger partial charge in [0.15, 0.2) is 0 Å². The van der Waals surface area contributed by atoms with Crippen molar-refractivity contribution < 1.29 is 19.7 Å². The van der Waals surface area contributed by atoms with Crippen molar-refractivity contribution in [2.45, 2.75) is 212 Å². The topological polar surface area (TPSA) is 66.8 Å². The molecule has 43 heavy (non-hydrogen) atoms. The van der Waals surface area contributed by atoms with Crippen LogP contribution >= 0.6 is 0 Å². The highest BCUT2D eigenvalue weighted by atomic mass is 16.6.